The van der Waals surface area contributed by atoms with Crippen molar-refractivity contribution in [3.63, 3.8) is 0 Å². The van der Waals surface area contributed by atoms with Gasteiger partial charge in [-0.05, 0) is 43.5 Å². The van der Waals surface area contributed by atoms with E-state index >= 15 is 0 Å². The number of likely N-dealkylation sites (tertiary alicyclic amines) is 1. The first kappa shape index (κ1) is 14.5. The van der Waals surface area contributed by atoms with Crippen molar-refractivity contribution < 1.29 is 4.79 Å². The lowest BCUT2D eigenvalue weighted by molar-refractivity contribution is 0.163. The van der Waals surface area contributed by atoms with Crippen LogP contribution < -0.4 is 5.32 Å². The molecule has 0 aliphatic carbocycles. The molecular formula is C16H16N4OS. The Kier molecular flexibility index (Phi) is 4.35. The molecule has 112 valence electrons. The van der Waals surface area contributed by atoms with Gasteiger partial charge in [0.05, 0.1) is 17.7 Å². The number of aromatic nitrogens is 1. The van der Waals surface area contributed by atoms with E-state index in [1.807, 2.05) is 10.3 Å². The fourth-order valence-corrected chi connectivity index (χ4v) is 3.44. The molecule has 5 nitrogen and oxygen atoms in total. The molecule has 6 heteroatoms. The van der Waals surface area contributed by atoms with E-state index in [1.54, 1.807) is 41.8 Å². The highest BCUT2D eigenvalue weighted by Crippen LogP contribution is 2.32. The quantitative estimate of drug-likeness (QED) is 0.917. The van der Waals surface area contributed by atoms with Gasteiger partial charge >= 0.3 is 6.03 Å². The summed E-state index contributed by atoms with van der Waals surface area (Å²) in [5, 5.41) is 14.7. The second kappa shape index (κ2) is 6.58. The molecular weight excluding hydrogens is 296 g/mol. The van der Waals surface area contributed by atoms with Gasteiger partial charge in [0.1, 0.15) is 5.01 Å². The highest BCUT2D eigenvalue weighted by Gasteiger charge is 2.29. The molecule has 1 fully saturated rings. The number of hydrogen-bond donors (Lipinski definition) is 1. The van der Waals surface area contributed by atoms with Gasteiger partial charge in [0.15, 0.2) is 0 Å². The average molecular weight is 312 g/mol. The summed E-state index contributed by atoms with van der Waals surface area (Å²) in [7, 11) is 0. The van der Waals surface area contributed by atoms with Crippen molar-refractivity contribution in [2.75, 3.05) is 11.9 Å². The van der Waals surface area contributed by atoms with Crippen LogP contribution in [0.2, 0.25) is 0 Å². The maximum Gasteiger partial charge on any atom is 0.322 e. The summed E-state index contributed by atoms with van der Waals surface area (Å²) in [5.74, 6) is 0. The van der Waals surface area contributed by atoms with Gasteiger partial charge in [0.2, 0.25) is 0 Å². The van der Waals surface area contributed by atoms with Crippen molar-refractivity contribution in [1.29, 1.82) is 5.26 Å². The summed E-state index contributed by atoms with van der Waals surface area (Å²) in [6.07, 6.45) is 4.87. The predicted molar refractivity (Wildman–Crippen MR) is 85.6 cm³/mol. The van der Waals surface area contributed by atoms with E-state index in [4.69, 9.17) is 5.26 Å². The normalized spacial score (nSPS) is 17.8. The summed E-state index contributed by atoms with van der Waals surface area (Å²) >= 11 is 1.59. The number of carbonyl (C=O) groups is 1. The van der Waals surface area contributed by atoms with Gasteiger partial charge in [-0.15, -0.1) is 11.3 Å². The Bertz CT molecular complexity index is 675. The molecule has 1 saturated heterocycles. The van der Waals surface area contributed by atoms with Crippen molar-refractivity contribution in [2.45, 2.75) is 25.3 Å². The number of urea groups is 1. The zero-order valence-electron chi connectivity index (χ0n) is 12.0. The van der Waals surface area contributed by atoms with Crippen molar-refractivity contribution in [3.8, 4) is 6.07 Å². The molecule has 0 bridgehead atoms. The number of anilines is 1. The molecule has 1 atom stereocenters. The number of nitriles is 1. The smallest absolute Gasteiger partial charge is 0.315 e. The topological polar surface area (TPSA) is 69.0 Å². The van der Waals surface area contributed by atoms with E-state index in [0.717, 1.165) is 30.8 Å². The maximum absolute atomic E-state index is 12.6. The van der Waals surface area contributed by atoms with Gasteiger partial charge in [-0.1, -0.05) is 0 Å². The van der Waals surface area contributed by atoms with Crippen LogP contribution in [-0.4, -0.2) is 22.5 Å². The number of carbonyl (C=O) groups excluding carboxylic acids is 1. The standard InChI is InChI=1S/C16H16N4OS/c17-11-12-4-6-13(7-5-12)19-16(21)20-9-2-1-3-14(20)15-18-8-10-22-15/h4-8,10,14H,1-3,9H2,(H,19,21)/t14-/m0/s1. The Morgan fingerprint density at radius 1 is 1.36 bits per heavy atom. The molecule has 1 aromatic carbocycles. The summed E-state index contributed by atoms with van der Waals surface area (Å²) < 4.78 is 0. The second-order valence-corrected chi connectivity index (χ2v) is 6.12. The van der Waals surface area contributed by atoms with Gasteiger partial charge in [0, 0.05) is 23.8 Å². The lowest BCUT2D eigenvalue weighted by atomic mass is 10.0. The maximum atomic E-state index is 12.6. The summed E-state index contributed by atoms with van der Waals surface area (Å²) in [6, 6.07) is 8.92. The van der Waals surface area contributed by atoms with E-state index in [-0.39, 0.29) is 12.1 Å². The number of nitrogens with zero attached hydrogens (tertiary/aromatic N) is 3. The van der Waals surface area contributed by atoms with Crippen LogP contribution in [0.3, 0.4) is 0 Å². The van der Waals surface area contributed by atoms with Crippen LogP contribution in [0.4, 0.5) is 10.5 Å². The first-order valence-corrected chi connectivity index (χ1v) is 8.13. The zero-order valence-corrected chi connectivity index (χ0v) is 12.8. The Balaban J connectivity index is 1.73. The highest BCUT2D eigenvalue weighted by atomic mass is 32.1. The van der Waals surface area contributed by atoms with Crippen LogP contribution in [-0.2, 0) is 0 Å². The molecule has 3 rings (SSSR count). The lowest BCUT2D eigenvalue weighted by Gasteiger charge is -2.34. The SMILES string of the molecule is N#Cc1ccc(NC(=O)N2CCCC[C@H]2c2nccs2)cc1. The highest BCUT2D eigenvalue weighted by molar-refractivity contribution is 7.09. The Hall–Kier alpha value is -2.39. The number of hydrogen-bond acceptors (Lipinski definition) is 4. The molecule has 2 heterocycles. The minimum Gasteiger partial charge on any atom is -0.315 e. The van der Waals surface area contributed by atoms with Gasteiger partial charge in [-0.3, -0.25) is 0 Å². The van der Waals surface area contributed by atoms with Crippen molar-refractivity contribution in [3.05, 3.63) is 46.4 Å². The average Bonchev–Trinajstić information content (AvgIpc) is 3.10. The molecule has 0 radical (unpaired) electrons. The number of thiazole rings is 1. The second-order valence-electron chi connectivity index (χ2n) is 5.19. The molecule has 1 aliphatic rings. The number of nitrogens with one attached hydrogen (secondary N) is 1. The number of amides is 2. The van der Waals surface area contributed by atoms with Gasteiger partial charge < -0.3 is 10.2 Å². The van der Waals surface area contributed by atoms with Crippen molar-refractivity contribution >= 4 is 23.1 Å². The Morgan fingerprint density at radius 3 is 2.86 bits per heavy atom. The largest absolute Gasteiger partial charge is 0.322 e. The number of benzene rings is 1. The third kappa shape index (κ3) is 3.10. The number of piperidine rings is 1. The minimum absolute atomic E-state index is 0.0622. The fourth-order valence-electron chi connectivity index (χ4n) is 2.65. The van der Waals surface area contributed by atoms with E-state index in [0.29, 0.717) is 11.3 Å². The molecule has 1 N–H and O–H groups in total. The Labute approximate surface area is 133 Å². The molecule has 2 amide bonds. The van der Waals surface area contributed by atoms with Crippen LogP contribution in [0.5, 0.6) is 0 Å². The zero-order chi connectivity index (χ0) is 15.4. The van der Waals surface area contributed by atoms with Crippen molar-refractivity contribution in [1.82, 2.24) is 9.88 Å². The van der Waals surface area contributed by atoms with Crippen LogP contribution in [0.25, 0.3) is 0 Å². The number of rotatable bonds is 2. The molecule has 0 spiro atoms. The first-order chi connectivity index (χ1) is 10.8. The molecule has 2 aromatic rings. The fraction of sp³-hybridized carbons (Fsp3) is 0.312. The molecule has 22 heavy (non-hydrogen) atoms. The van der Waals surface area contributed by atoms with E-state index in [9.17, 15) is 4.79 Å². The van der Waals surface area contributed by atoms with Gasteiger partial charge in [-0.25, -0.2) is 9.78 Å². The molecule has 1 aromatic heterocycles. The monoisotopic (exact) mass is 312 g/mol. The summed E-state index contributed by atoms with van der Waals surface area (Å²) in [6.45, 7) is 0.742. The van der Waals surface area contributed by atoms with E-state index in [2.05, 4.69) is 16.4 Å². The Morgan fingerprint density at radius 2 is 2.18 bits per heavy atom. The van der Waals surface area contributed by atoms with Crippen molar-refractivity contribution in [2.24, 2.45) is 0 Å². The van der Waals surface area contributed by atoms with E-state index in [1.165, 1.54) is 0 Å². The van der Waals surface area contributed by atoms with Crippen LogP contribution in [0.1, 0.15) is 35.9 Å². The molecule has 0 saturated carbocycles. The first-order valence-electron chi connectivity index (χ1n) is 7.25. The van der Waals surface area contributed by atoms with Gasteiger partial charge in [-0.2, -0.15) is 5.26 Å². The third-order valence-electron chi connectivity index (χ3n) is 3.77. The van der Waals surface area contributed by atoms with Gasteiger partial charge in [0.25, 0.3) is 0 Å². The predicted octanol–water partition coefficient (Wildman–Crippen LogP) is 3.77. The lowest BCUT2D eigenvalue weighted by Crippen LogP contribution is -2.41. The minimum atomic E-state index is -0.107. The molecule has 0 unspecified atom stereocenters. The summed E-state index contributed by atoms with van der Waals surface area (Å²) in [5.41, 5.74) is 1.28. The third-order valence-corrected chi connectivity index (χ3v) is 4.64. The van der Waals surface area contributed by atoms with Crippen LogP contribution in [0.15, 0.2) is 35.8 Å². The van der Waals surface area contributed by atoms with E-state index < -0.39 is 0 Å². The summed E-state index contributed by atoms with van der Waals surface area (Å²) in [4.78, 5) is 18.8. The molecule has 1 aliphatic heterocycles. The van der Waals surface area contributed by atoms with Crippen LogP contribution in [0, 0.1) is 11.3 Å². The van der Waals surface area contributed by atoms with Crippen LogP contribution >= 0.6 is 11.3 Å².